The molecule has 0 rings (SSSR count). The summed E-state index contributed by atoms with van der Waals surface area (Å²) in [5.41, 5.74) is 0. The molecule has 0 aromatic rings. The number of hydrogen-bond donors (Lipinski definition) is 3. The van der Waals surface area contributed by atoms with Crippen molar-refractivity contribution in [3.05, 3.63) is 0 Å². The molecule has 3 N–H and O–H groups in total. The Morgan fingerprint density at radius 3 is 0.800 bits per heavy atom. The lowest BCUT2D eigenvalue weighted by Crippen LogP contribution is -2.30. The predicted octanol–water partition coefficient (Wildman–Crippen LogP) is 18.4. The van der Waals surface area contributed by atoms with Crippen LogP contribution in [-0.4, -0.2) is 96.7 Å². The second-order valence-corrected chi connectivity index (χ2v) is 27.7. The van der Waals surface area contributed by atoms with E-state index in [2.05, 4.69) is 41.5 Å². The van der Waals surface area contributed by atoms with E-state index in [-0.39, 0.29) is 25.7 Å². The zero-order chi connectivity index (χ0) is 62.9. The number of rotatable bonds is 65. The Bertz CT molecular complexity index is 1670. The van der Waals surface area contributed by atoms with Gasteiger partial charge in [0.2, 0.25) is 0 Å². The van der Waals surface area contributed by atoms with E-state index in [1.165, 1.54) is 141 Å². The van der Waals surface area contributed by atoms with Crippen molar-refractivity contribution in [2.75, 3.05) is 39.6 Å². The molecule has 5 atom stereocenters. The summed E-state index contributed by atoms with van der Waals surface area (Å²) in [6.45, 7) is 9.42. The molecule has 504 valence electrons. The monoisotopic (exact) mass is 1250 g/mol. The first-order valence-electron chi connectivity index (χ1n) is 34.5. The third-order valence-electron chi connectivity index (χ3n) is 15.2. The SMILES string of the molecule is CCCCCCCCCCCCCCCC(=O)OC[C@H](COP(=O)(O)OC[C@@H](O)COP(=O)(O)OC[C@@H](COC(=O)CCCCCCC)OC(=O)CCCCCCCCCCCC(C)C)OC(=O)CCCCCCCCCCCCCCC(C)C. The highest BCUT2D eigenvalue weighted by molar-refractivity contribution is 7.47. The number of unbranched alkanes of at least 4 members (excludes halogenated alkanes) is 35. The Morgan fingerprint density at radius 2 is 0.541 bits per heavy atom. The van der Waals surface area contributed by atoms with E-state index in [9.17, 15) is 43.2 Å². The van der Waals surface area contributed by atoms with Gasteiger partial charge in [-0.1, -0.05) is 279 Å². The van der Waals surface area contributed by atoms with Crippen LogP contribution in [-0.2, 0) is 65.4 Å². The highest BCUT2D eigenvalue weighted by Gasteiger charge is 2.30. The third-order valence-corrected chi connectivity index (χ3v) is 17.1. The first-order valence-corrected chi connectivity index (χ1v) is 37.5. The summed E-state index contributed by atoms with van der Waals surface area (Å²) < 4.78 is 67.9. The van der Waals surface area contributed by atoms with E-state index in [0.717, 1.165) is 108 Å². The molecule has 0 aromatic carbocycles. The van der Waals surface area contributed by atoms with Gasteiger partial charge in [0.1, 0.15) is 19.3 Å². The molecule has 19 heteroatoms. The number of ether oxygens (including phenoxy) is 4. The van der Waals surface area contributed by atoms with Crippen molar-refractivity contribution in [2.24, 2.45) is 11.8 Å². The highest BCUT2D eigenvalue weighted by atomic mass is 31.2. The first-order chi connectivity index (χ1) is 40.9. The minimum atomic E-state index is -4.95. The average molecular weight is 1260 g/mol. The highest BCUT2D eigenvalue weighted by Crippen LogP contribution is 2.45. The maximum atomic E-state index is 13.0. The third kappa shape index (κ3) is 60.7. The van der Waals surface area contributed by atoms with Crippen LogP contribution >= 0.6 is 15.6 Å². The molecule has 0 heterocycles. The molecule has 17 nitrogen and oxygen atoms in total. The fraction of sp³-hybridized carbons (Fsp3) is 0.939. The van der Waals surface area contributed by atoms with Gasteiger partial charge in [0.05, 0.1) is 26.4 Å². The van der Waals surface area contributed by atoms with Crippen molar-refractivity contribution in [2.45, 2.75) is 349 Å². The van der Waals surface area contributed by atoms with Crippen LogP contribution in [0, 0.1) is 11.8 Å². The molecule has 0 amide bonds. The fourth-order valence-corrected chi connectivity index (χ4v) is 11.5. The number of aliphatic hydroxyl groups excluding tert-OH is 1. The molecule has 0 saturated carbocycles. The van der Waals surface area contributed by atoms with Gasteiger partial charge in [-0.3, -0.25) is 37.3 Å². The molecular weight excluding hydrogens is 1130 g/mol. The van der Waals surface area contributed by atoms with E-state index < -0.39 is 97.5 Å². The van der Waals surface area contributed by atoms with E-state index >= 15 is 0 Å². The smallest absolute Gasteiger partial charge is 0.462 e. The average Bonchev–Trinajstić information content (AvgIpc) is 3.59. The zero-order valence-electron chi connectivity index (χ0n) is 54.9. The van der Waals surface area contributed by atoms with Crippen molar-refractivity contribution < 1.29 is 80.2 Å². The number of phosphoric acid groups is 2. The summed E-state index contributed by atoms with van der Waals surface area (Å²) in [4.78, 5) is 72.1. The van der Waals surface area contributed by atoms with Crippen LogP contribution in [0.3, 0.4) is 0 Å². The molecule has 0 fully saturated rings. The Labute approximate surface area is 517 Å². The van der Waals surface area contributed by atoms with Crippen molar-refractivity contribution in [1.29, 1.82) is 0 Å². The Balaban J connectivity index is 5.18. The lowest BCUT2D eigenvalue weighted by Gasteiger charge is -2.21. The largest absolute Gasteiger partial charge is 0.472 e. The molecule has 2 unspecified atom stereocenters. The maximum Gasteiger partial charge on any atom is 0.472 e. The topological polar surface area (TPSA) is 237 Å². The van der Waals surface area contributed by atoms with Crippen LogP contribution < -0.4 is 0 Å². The van der Waals surface area contributed by atoms with Gasteiger partial charge in [0.25, 0.3) is 0 Å². The quantitative estimate of drug-likeness (QED) is 0.0222. The fourth-order valence-electron chi connectivity index (χ4n) is 9.88. The normalized spacial score (nSPS) is 14.2. The predicted molar refractivity (Wildman–Crippen MR) is 340 cm³/mol. The number of phosphoric ester groups is 2. The van der Waals surface area contributed by atoms with Crippen LogP contribution in [0.2, 0.25) is 0 Å². The minimum Gasteiger partial charge on any atom is -0.462 e. The molecule has 0 spiro atoms. The molecule has 0 aliphatic rings. The Morgan fingerprint density at radius 1 is 0.318 bits per heavy atom. The molecule has 0 aromatic heterocycles. The van der Waals surface area contributed by atoms with Gasteiger partial charge in [0, 0.05) is 25.7 Å². The number of carbonyl (C=O) groups is 4. The molecule has 0 bridgehead atoms. The van der Waals surface area contributed by atoms with E-state index in [4.69, 9.17) is 37.0 Å². The van der Waals surface area contributed by atoms with Gasteiger partial charge >= 0.3 is 39.5 Å². The standard InChI is InChI=1S/C66H128O17P2/c1-7-9-11-13-14-15-16-17-21-26-31-37-43-49-64(69)77-55-62(83-65(70)50-44-38-32-27-22-19-18-20-24-29-35-40-46-58(3)4)57-81-85(74,75)79-53-60(67)52-78-84(72,73)80-56-61(54-76-63(68)48-42-34-12-10-8-2)82-66(71)51-45-39-33-28-23-25-30-36-41-47-59(5)6/h58-62,67H,7-57H2,1-6H3,(H,72,73)(H,74,75)/t60-,61+,62+/m0/s1. The number of aliphatic hydroxyl groups is 1. The van der Waals surface area contributed by atoms with Gasteiger partial charge in [-0.15, -0.1) is 0 Å². The van der Waals surface area contributed by atoms with Crippen molar-refractivity contribution >= 4 is 39.5 Å². The first kappa shape index (κ1) is 83.1. The van der Waals surface area contributed by atoms with Crippen LogP contribution in [0.25, 0.3) is 0 Å². The van der Waals surface area contributed by atoms with Gasteiger partial charge in [-0.05, 0) is 37.5 Å². The van der Waals surface area contributed by atoms with E-state index in [1.807, 2.05) is 0 Å². The summed E-state index contributed by atoms with van der Waals surface area (Å²) >= 11 is 0. The van der Waals surface area contributed by atoms with E-state index in [1.54, 1.807) is 0 Å². The summed E-state index contributed by atoms with van der Waals surface area (Å²) in [6.07, 6.45) is 42.0. The second kappa shape index (κ2) is 58.4. The van der Waals surface area contributed by atoms with Crippen LogP contribution in [0.1, 0.15) is 330 Å². The second-order valence-electron chi connectivity index (χ2n) is 24.8. The van der Waals surface area contributed by atoms with Crippen molar-refractivity contribution in [1.82, 2.24) is 0 Å². The Hall–Kier alpha value is -1.94. The van der Waals surface area contributed by atoms with E-state index in [0.29, 0.717) is 25.7 Å². The summed E-state index contributed by atoms with van der Waals surface area (Å²) in [5.74, 6) is -0.627. The lowest BCUT2D eigenvalue weighted by molar-refractivity contribution is -0.161. The molecule has 0 radical (unpaired) electrons. The number of carbonyl (C=O) groups excluding carboxylic acids is 4. The number of hydrogen-bond acceptors (Lipinski definition) is 15. The van der Waals surface area contributed by atoms with Crippen molar-refractivity contribution in [3.63, 3.8) is 0 Å². The molecule has 85 heavy (non-hydrogen) atoms. The maximum absolute atomic E-state index is 13.0. The van der Waals surface area contributed by atoms with Crippen molar-refractivity contribution in [3.8, 4) is 0 Å². The molecule has 0 aliphatic carbocycles. The summed E-state index contributed by atoms with van der Waals surface area (Å²) in [6, 6.07) is 0. The minimum absolute atomic E-state index is 0.104. The molecule has 0 aliphatic heterocycles. The number of esters is 4. The van der Waals surface area contributed by atoms with Gasteiger partial charge in [-0.2, -0.15) is 0 Å². The lowest BCUT2D eigenvalue weighted by atomic mass is 10.0. The molecule has 0 saturated heterocycles. The molecular formula is C66H128O17P2. The summed E-state index contributed by atoms with van der Waals surface area (Å²) in [5, 5.41) is 10.5. The van der Waals surface area contributed by atoms with Crippen LogP contribution in [0.15, 0.2) is 0 Å². The van der Waals surface area contributed by atoms with Gasteiger partial charge in [0.15, 0.2) is 12.2 Å². The van der Waals surface area contributed by atoms with Gasteiger partial charge in [-0.25, -0.2) is 9.13 Å². The Kier molecular flexibility index (Phi) is 57.1. The van der Waals surface area contributed by atoms with Gasteiger partial charge < -0.3 is 33.8 Å². The summed E-state index contributed by atoms with van der Waals surface area (Å²) in [7, 11) is -9.88. The van der Waals surface area contributed by atoms with Crippen LogP contribution in [0.5, 0.6) is 0 Å². The zero-order valence-corrected chi connectivity index (χ0v) is 56.7. The van der Waals surface area contributed by atoms with Crippen LogP contribution in [0.4, 0.5) is 0 Å².